The lowest BCUT2D eigenvalue weighted by molar-refractivity contribution is -0.141. The number of carboxylic acids is 1. The van der Waals surface area contributed by atoms with Crippen LogP contribution >= 0.6 is 0 Å². The number of aliphatic hydroxyl groups is 1. The molecule has 82 valence electrons. The highest BCUT2D eigenvalue weighted by Crippen LogP contribution is 2.28. The van der Waals surface area contributed by atoms with Crippen molar-refractivity contribution >= 4 is 5.97 Å². The van der Waals surface area contributed by atoms with Gasteiger partial charge in [0, 0.05) is 0 Å². The highest BCUT2D eigenvalue weighted by Gasteiger charge is 2.24. The molecule has 0 saturated heterocycles. The molecule has 0 aliphatic heterocycles. The number of phenolic OH excluding ortho intramolecular Hbond substituents is 2. The molecular formula is C9H11NO5. The van der Waals surface area contributed by atoms with E-state index in [2.05, 4.69) is 0 Å². The molecule has 0 aromatic heterocycles. The summed E-state index contributed by atoms with van der Waals surface area (Å²) >= 11 is 0. The predicted molar refractivity (Wildman–Crippen MR) is 50.3 cm³/mol. The number of hydrogen-bond acceptors (Lipinski definition) is 5. The van der Waals surface area contributed by atoms with Crippen molar-refractivity contribution in [1.82, 2.24) is 0 Å². The van der Waals surface area contributed by atoms with E-state index in [1.807, 2.05) is 0 Å². The number of aromatic hydroxyl groups is 2. The summed E-state index contributed by atoms with van der Waals surface area (Å²) in [6.07, 6.45) is -1.82. The van der Waals surface area contributed by atoms with Gasteiger partial charge in [-0.1, -0.05) is 6.07 Å². The summed E-state index contributed by atoms with van der Waals surface area (Å²) in [6.45, 7) is 0. The summed E-state index contributed by atoms with van der Waals surface area (Å²) in [5.41, 5.74) is 5.02. The Bertz CT molecular complexity index is 420. The molecular weight excluding hydrogens is 202 g/mol. The van der Waals surface area contributed by atoms with Gasteiger partial charge >= 0.3 is 5.97 Å². The van der Waals surface area contributed by atoms with E-state index in [-0.39, 0.29) is 5.56 Å². The molecule has 1 rings (SSSR count). The molecule has 0 unspecified atom stereocenters. The maximum Gasteiger partial charge on any atom is 0.323 e. The van der Waals surface area contributed by atoms with Gasteiger partial charge in [-0.05, 0) is 17.7 Å². The summed E-state index contributed by atoms with van der Waals surface area (Å²) in [6, 6.07) is 0.549. The number of nitrogens with two attached hydrogens (primary N) is 1. The Kier molecular flexibility index (Phi) is 2.70. The molecule has 0 radical (unpaired) electrons. The van der Waals surface area contributed by atoms with Gasteiger partial charge in [-0.15, -0.1) is 0 Å². The Morgan fingerprint density at radius 3 is 2.47 bits per heavy atom. The first-order valence-electron chi connectivity index (χ1n) is 4.49. The van der Waals surface area contributed by atoms with E-state index >= 15 is 0 Å². The van der Waals surface area contributed by atoms with Crippen LogP contribution in [-0.2, 0) is 4.79 Å². The molecule has 0 saturated carbocycles. The average Bonchev–Trinajstić information content (AvgIpc) is 2.20. The summed E-state index contributed by atoms with van der Waals surface area (Å²) in [5.74, 6) is -2.65. The molecule has 0 bridgehead atoms. The molecule has 0 aliphatic carbocycles. The largest absolute Gasteiger partial charge is 0.504 e. The highest BCUT2D eigenvalue weighted by molar-refractivity contribution is 5.74. The maximum absolute atomic E-state index is 10.6. The summed E-state index contributed by atoms with van der Waals surface area (Å²) in [4.78, 5) is 10.6. The van der Waals surface area contributed by atoms with Crippen molar-refractivity contribution in [3.8, 4) is 11.5 Å². The van der Waals surface area contributed by atoms with Crippen molar-refractivity contribution < 1.29 is 26.6 Å². The van der Waals surface area contributed by atoms with Crippen molar-refractivity contribution in [2.45, 2.75) is 12.1 Å². The minimum atomic E-state index is -2.62. The molecule has 0 amide bonds. The third kappa shape index (κ3) is 2.36. The van der Waals surface area contributed by atoms with Crippen molar-refractivity contribution in [3.05, 3.63) is 23.8 Å². The van der Waals surface area contributed by atoms with E-state index in [1.54, 1.807) is 0 Å². The zero-order valence-electron chi connectivity index (χ0n) is 8.58. The van der Waals surface area contributed by atoms with E-state index in [4.69, 9.17) is 22.4 Å². The molecule has 1 aromatic carbocycles. The molecule has 0 fully saturated rings. The summed E-state index contributed by atoms with van der Waals surface area (Å²) in [5, 5.41) is 36.3. The minimum Gasteiger partial charge on any atom is -0.504 e. The number of rotatable bonds is 3. The van der Waals surface area contributed by atoms with Gasteiger partial charge in [-0.25, -0.2) is 0 Å². The Morgan fingerprint density at radius 2 is 2.00 bits per heavy atom. The monoisotopic (exact) mass is 214 g/mol. The van der Waals surface area contributed by atoms with E-state index in [0.717, 1.165) is 12.1 Å². The first-order chi connectivity index (χ1) is 7.26. The molecule has 6 heteroatoms. The number of aliphatic hydroxyl groups excluding tert-OH is 1. The average molecular weight is 214 g/mol. The fourth-order valence-electron chi connectivity index (χ4n) is 1.01. The minimum absolute atomic E-state index is 0.0739. The Morgan fingerprint density at radius 1 is 1.40 bits per heavy atom. The second kappa shape index (κ2) is 4.16. The first-order valence-corrected chi connectivity index (χ1v) is 3.99. The van der Waals surface area contributed by atoms with Gasteiger partial charge in [-0.3, -0.25) is 4.79 Å². The van der Waals surface area contributed by atoms with Gasteiger partial charge in [0.2, 0.25) is 0 Å². The molecule has 6 N–H and O–H groups in total. The first kappa shape index (κ1) is 9.75. The standard InChI is InChI=1S/C9H11NO5/c10-7(9(14)15)8(13)4-1-2-5(11)6(12)3-4/h1-3,7-8,11-13H,10H2,(H,14,15)/t7-,8+/m1/s1/i7D. The lowest BCUT2D eigenvalue weighted by Crippen LogP contribution is -2.36. The number of benzene rings is 1. The van der Waals surface area contributed by atoms with Crippen LogP contribution in [0.2, 0.25) is 0 Å². The van der Waals surface area contributed by atoms with Crippen LogP contribution in [0, 0.1) is 0 Å². The van der Waals surface area contributed by atoms with Crippen LogP contribution in [0.4, 0.5) is 0 Å². The van der Waals surface area contributed by atoms with Gasteiger partial charge in [0.1, 0.15) is 12.1 Å². The van der Waals surface area contributed by atoms with Crippen molar-refractivity contribution in [3.63, 3.8) is 0 Å². The smallest absolute Gasteiger partial charge is 0.323 e. The quantitative estimate of drug-likeness (QED) is 0.434. The normalized spacial score (nSPS) is 17.6. The number of aliphatic carboxylic acids is 1. The number of hydrogen-bond donors (Lipinski definition) is 5. The maximum atomic E-state index is 10.6. The van der Waals surface area contributed by atoms with E-state index in [1.165, 1.54) is 6.07 Å². The Hall–Kier alpha value is -1.79. The van der Waals surface area contributed by atoms with Gasteiger partial charge in [0.05, 0.1) is 1.37 Å². The van der Waals surface area contributed by atoms with E-state index < -0.39 is 29.6 Å². The van der Waals surface area contributed by atoms with Crippen LogP contribution in [0.3, 0.4) is 0 Å². The molecule has 1 aromatic rings. The summed E-state index contributed by atoms with van der Waals surface area (Å²) < 4.78 is 7.23. The molecule has 0 aliphatic rings. The van der Waals surface area contributed by atoms with Gasteiger partial charge in [0.15, 0.2) is 11.5 Å². The van der Waals surface area contributed by atoms with Crippen molar-refractivity contribution in [2.24, 2.45) is 5.73 Å². The van der Waals surface area contributed by atoms with E-state index in [9.17, 15) is 9.90 Å². The van der Waals surface area contributed by atoms with Gasteiger partial charge in [0.25, 0.3) is 0 Å². The van der Waals surface area contributed by atoms with Crippen molar-refractivity contribution in [2.75, 3.05) is 0 Å². The topological polar surface area (TPSA) is 124 Å². The SMILES string of the molecule is [2H][C@](N)(C(=O)O)[C@@H](O)c1ccc(O)c(O)c1. The third-order valence-corrected chi connectivity index (χ3v) is 1.86. The zero-order chi connectivity index (χ0) is 12.5. The molecule has 6 nitrogen and oxygen atoms in total. The fraction of sp³-hybridized carbons (Fsp3) is 0.222. The summed E-state index contributed by atoms with van der Waals surface area (Å²) in [7, 11) is 0. The molecule has 2 atom stereocenters. The van der Waals surface area contributed by atoms with E-state index in [0.29, 0.717) is 0 Å². The highest BCUT2D eigenvalue weighted by atomic mass is 16.4. The number of phenols is 2. The number of carboxylic acid groups (broad SMARTS) is 1. The van der Waals surface area contributed by atoms with Crippen molar-refractivity contribution in [1.29, 1.82) is 0 Å². The van der Waals surface area contributed by atoms with Crippen LogP contribution in [0.15, 0.2) is 18.2 Å². The fourth-order valence-corrected chi connectivity index (χ4v) is 1.01. The molecule has 0 spiro atoms. The number of carbonyl (C=O) groups is 1. The van der Waals surface area contributed by atoms with Crippen LogP contribution in [0.5, 0.6) is 11.5 Å². The van der Waals surface area contributed by atoms with Crippen LogP contribution < -0.4 is 5.73 Å². The lowest BCUT2D eigenvalue weighted by atomic mass is 10.0. The second-order valence-electron chi connectivity index (χ2n) is 2.91. The lowest BCUT2D eigenvalue weighted by Gasteiger charge is -2.15. The zero-order valence-corrected chi connectivity index (χ0v) is 7.58. The van der Waals surface area contributed by atoms with Crippen LogP contribution in [0.25, 0.3) is 0 Å². The van der Waals surface area contributed by atoms with Gasteiger partial charge in [-0.2, -0.15) is 0 Å². The second-order valence-corrected chi connectivity index (χ2v) is 2.91. The third-order valence-electron chi connectivity index (χ3n) is 1.86. The Labute approximate surface area is 86.6 Å². The molecule has 0 heterocycles. The van der Waals surface area contributed by atoms with Crippen LogP contribution in [0.1, 0.15) is 13.0 Å². The van der Waals surface area contributed by atoms with Gasteiger partial charge < -0.3 is 26.2 Å². The Balaban J connectivity index is 3.10. The predicted octanol–water partition coefficient (Wildman–Crippen LogP) is -0.457. The molecule has 15 heavy (non-hydrogen) atoms. The van der Waals surface area contributed by atoms with Crippen LogP contribution in [-0.4, -0.2) is 32.4 Å².